The summed E-state index contributed by atoms with van der Waals surface area (Å²) in [5, 5.41) is 21.8. The predicted molar refractivity (Wildman–Crippen MR) is 105 cm³/mol. The number of Topliss-reactive ketones (excluding diaryl/α,β-unsaturated/α-hetero) is 1. The smallest absolute Gasteiger partial charge is 0.339 e. The number of ketones is 1. The summed E-state index contributed by atoms with van der Waals surface area (Å²) < 4.78 is 5.39. The fourth-order valence-corrected chi connectivity index (χ4v) is 2.72. The van der Waals surface area contributed by atoms with Crippen LogP contribution >= 0.6 is 0 Å². The van der Waals surface area contributed by atoms with E-state index in [0.717, 1.165) is 6.07 Å². The summed E-state index contributed by atoms with van der Waals surface area (Å²) in [6.45, 7) is 0. The van der Waals surface area contributed by atoms with Crippen molar-refractivity contribution >= 4 is 23.1 Å². The highest BCUT2D eigenvalue weighted by molar-refractivity contribution is 6.02. The van der Waals surface area contributed by atoms with Crippen LogP contribution in [0.3, 0.4) is 0 Å². The highest BCUT2D eigenvalue weighted by Crippen LogP contribution is 2.26. The number of benzene rings is 3. The summed E-state index contributed by atoms with van der Waals surface area (Å²) in [5.74, 6) is -1.48. The molecule has 3 rings (SSSR count). The second-order valence-corrected chi connectivity index (χ2v) is 6.17. The van der Waals surface area contributed by atoms with Crippen LogP contribution in [0.5, 0.6) is 0 Å². The normalized spacial score (nSPS) is 11.3. The van der Waals surface area contributed by atoms with Crippen LogP contribution in [-0.4, -0.2) is 21.6 Å². The molecule has 3 aromatic rings. The zero-order chi connectivity index (χ0) is 21.7. The number of hydrogen-bond acceptors (Lipinski definition) is 7. The SMILES string of the molecule is O=C(O[C@H](C(=O)c1ccccc1)c1ccc([N+](=O)[O-])cc1)c1cccc([N+](=O)[O-])c1. The summed E-state index contributed by atoms with van der Waals surface area (Å²) >= 11 is 0. The van der Waals surface area contributed by atoms with Gasteiger partial charge in [0.1, 0.15) is 0 Å². The Morgan fingerprint density at radius 3 is 1.93 bits per heavy atom. The van der Waals surface area contributed by atoms with Gasteiger partial charge in [0, 0.05) is 35.4 Å². The van der Waals surface area contributed by atoms with Gasteiger partial charge in [-0.1, -0.05) is 36.4 Å². The maximum Gasteiger partial charge on any atom is 0.339 e. The number of rotatable bonds is 7. The van der Waals surface area contributed by atoms with Crippen LogP contribution in [0.2, 0.25) is 0 Å². The maximum atomic E-state index is 13.0. The summed E-state index contributed by atoms with van der Waals surface area (Å²) in [6, 6.07) is 18.0. The molecule has 0 aliphatic heterocycles. The summed E-state index contributed by atoms with van der Waals surface area (Å²) in [6.07, 6.45) is -1.39. The Morgan fingerprint density at radius 2 is 1.33 bits per heavy atom. The predicted octanol–water partition coefficient (Wildman–Crippen LogP) is 4.28. The van der Waals surface area contributed by atoms with Crippen LogP contribution in [0.25, 0.3) is 0 Å². The molecule has 0 heterocycles. The topological polar surface area (TPSA) is 130 Å². The van der Waals surface area contributed by atoms with Crippen molar-refractivity contribution in [3.63, 3.8) is 0 Å². The minimum absolute atomic E-state index is 0.100. The van der Waals surface area contributed by atoms with Crippen molar-refractivity contribution in [1.82, 2.24) is 0 Å². The second-order valence-electron chi connectivity index (χ2n) is 6.17. The molecule has 0 radical (unpaired) electrons. The van der Waals surface area contributed by atoms with Crippen LogP contribution in [0, 0.1) is 20.2 Å². The molecule has 0 aliphatic carbocycles. The molecular formula is C21H14N2O7. The lowest BCUT2D eigenvalue weighted by Gasteiger charge is -2.17. The van der Waals surface area contributed by atoms with Gasteiger partial charge in [0.15, 0.2) is 6.10 Å². The fourth-order valence-electron chi connectivity index (χ4n) is 2.72. The quantitative estimate of drug-likeness (QED) is 0.248. The molecular weight excluding hydrogens is 392 g/mol. The van der Waals surface area contributed by atoms with Gasteiger partial charge in [0.25, 0.3) is 11.4 Å². The van der Waals surface area contributed by atoms with Crippen molar-refractivity contribution < 1.29 is 24.2 Å². The lowest BCUT2D eigenvalue weighted by Crippen LogP contribution is -2.20. The molecule has 150 valence electrons. The highest BCUT2D eigenvalue weighted by atomic mass is 16.6. The monoisotopic (exact) mass is 406 g/mol. The zero-order valence-corrected chi connectivity index (χ0v) is 15.3. The lowest BCUT2D eigenvalue weighted by molar-refractivity contribution is -0.385. The first-order chi connectivity index (χ1) is 14.4. The third kappa shape index (κ3) is 4.53. The molecule has 0 unspecified atom stereocenters. The van der Waals surface area contributed by atoms with E-state index in [0.29, 0.717) is 0 Å². The van der Waals surface area contributed by atoms with Gasteiger partial charge in [0.05, 0.1) is 15.4 Å². The Kier molecular flexibility index (Phi) is 5.92. The summed E-state index contributed by atoms with van der Waals surface area (Å²) in [5.41, 5.74) is -0.0849. The summed E-state index contributed by atoms with van der Waals surface area (Å²) in [7, 11) is 0. The third-order valence-corrected chi connectivity index (χ3v) is 4.22. The molecule has 0 saturated carbocycles. The number of hydrogen-bond donors (Lipinski definition) is 0. The number of non-ortho nitro benzene ring substituents is 2. The number of ether oxygens (including phenoxy) is 1. The van der Waals surface area contributed by atoms with Gasteiger partial charge in [-0.2, -0.15) is 0 Å². The van der Waals surface area contributed by atoms with E-state index >= 15 is 0 Å². The molecule has 0 saturated heterocycles. The van der Waals surface area contributed by atoms with Crippen molar-refractivity contribution in [3.8, 4) is 0 Å². The first kappa shape index (κ1) is 20.3. The highest BCUT2D eigenvalue weighted by Gasteiger charge is 2.28. The molecule has 9 nitrogen and oxygen atoms in total. The number of carbonyl (C=O) groups excluding carboxylic acids is 2. The molecule has 0 fully saturated rings. The molecule has 0 bridgehead atoms. The van der Waals surface area contributed by atoms with Crippen LogP contribution in [0.1, 0.15) is 32.4 Å². The van der Waals surface area contributed by atoms with E-state index in [9.17, 15) is 29.8 Å². The lowest BCUT2D eigenvalue weighted by atomic mass is 9.99. The fraction of sp³-hybridized carbons (Fsp3) is 0.0476. The number of nitro benzene ring substituents is 2. The van der Waals surface area contributed by atoms with Gasteiger partial charge in [-0.25, -0.2) is 4.79 Å². The Hall–Kier alpha value is -4.40. The van der Waals surface area contributed by atoms with E-state index in [1.165, 1.54) is 42.5 Å². The Balaban J connectivity index is 1.96. The molecule has 30 heavy (non-hydrogen) atoms. The van der Waals surface area contributed by atoms with Crippen molar-refractivity contribution in [2.75, 3.05) is 0 Å². The van der Waals surface area contributed by atoms with Crippen LogP contribution in [0.15, 0.2) is 78.9 Å². The first-order valence-corrected chi connectivity index (χ1v) is 8.66. The molecule has 0 amide bonds. The van der Waals surface area contributed by atoms with Crippen molar-refractivity contribution in [2.24, 2.45) is 0 Å². The van der Waals surface area contributed by atoms with Gasteiger partial charge >= 0.3 is 5.97 Å². The minimum atomic E-state index is -1.39. The molecule has 0 spiro atoms. The molecule has 9 heteroatoms. The largest absolute Gasteiger partial charge is 0.445 e. The average Bonchev–Trinajstić information content (AvgIpc) is 2.77. The van der Waals surface area contributed by atoms with E-state index in [1.54, 1.807) is 30.3 Å². The third-order valence-electron chi connectivity index (χ3n) is 4.22. The molecule has 0 N–H and O–H groups in total. The number of esters is 1. The van der Waals surface area contributed by atoms with Crippen LogP contribution in [-0.2, 0) is 4.74 Å². The second kappa shape index (κ2) is 8.74. The molecule has 1 atom stereocenters. The molecule has 0 aromatic heterocycles. The number of nitro groups is 2. The van der Waals surface area contributed by atoms with Crippen LogP contribution in [0.4, 0.5) is 11.4 Å². The van der Waals surface area contributed by atoms with Crippen molar-refractivity contribution in [3.05, 3.63) is 116 Å². The van der Waals surface area contributed by atoms with E-state index in [1.807, 2.05) is 0 Å². The Labute approximate surface area is 169 Å². The van der Waals surface area contributed by atoms with E-state index in [2.05, 4.69) is 0 Å². The molecule has 0 aliphatic rings. The van der Waals surface area contributed by atoms with Gasteiger partial charge in [-0.15, -0.1) is 0 Å². The van der Waals surface area contributed by atoms with E-state index in [4.69, 9.17) is 4.74 Å². The van der Waals surface area contributed by atoms with Crippen molar-refractivity contribution in [1.29, 1.82) is 0 Å². The maximum absolute atomic E-state index is 13.0. The standard InChI is InChI=1S/C21H14N2O7/c24-19(14-5-2-1-3-6-14)20(15-9-11-17(12-10-15)22(26)27)30-21(25)16-7-4-8-18(13-16)23(28)29/h1-13,20H/t20-/m0/s1. The van der Waals surface area contributed by atoms with E-state index in [-0.39, 0.29) is 28.1 Å². The summed E-state index contributed by atoms with van der Waals surface area (Å²) in [4.78, 5) is 46.2. The zero-order valence-electron chi connectivity index (χ0n) is 15.3. The van der Waals surface area contributed by atoms with Crippen LogP contribution < -0.4 is 0 Å². The van der Waals surface area contributed by atoms with Crippen molar-refractivity contribution in [2.45, 2.75) is 6.10 Å². The van der Waals surface area contributed by atoms with Gasteiger partial charge in [-0.3, -0.25) is 25.0 Å². The number of carbonyl (C=O) groups is 2. The Morgan fingerprint density at radius 1 is 0.733 bits per heavy atom. The Bertz CT molecular complexity index is 1110. The molecule has 3 aromatic carbocycles. The van der Waals surface area contributed by atoms with E-state index < -0.39 is 27.7 Å². The van der Waals surface area contributed by atoms with Gasteiger partial charge in [0.2, 0.25) is 5.78 Å². The number of nitrogens with zero attached hydrogens (tertiary/aromatic N) is 2. The van der Waals surface area contributed by atoms with Gasteiger partial charge < -0.3 is 4.74 Å². The first-order valence-electron chi connectivity index (χ1n) is 8.66. The van der Waals surface area contributed by atoms with Gasteiger partial charge in [-0.05, 0) is 18.2 Å². The minimum Gasteiger partial charge on any atom is -0.445 e. The average molecular weight is 406 g/mol.